The molecule has 0 atom stereocenters. The van der Waals surface area contributed by atoms with Gasteiger partial charge in [0.25, 0.3) is 0 Å². The zero-order valence-corrected chi connectivity index (χ0v) is 9.12. The van der Waals surface area contributed by atoms with Crippen molar-refractivity contribution in [3.63, 3.8) is 0 Å². The van der Waals surface area contributed by atoms with Crippen molar-refractivity contribution in [3.8, 4) is 0 Å². The Hall–Kier alpha value is -0.540. The summed E-state index contributed by atoms with van der Waals surface area (Å²) in [5.74, 6) is 1.17. The lowest BCUT2D eigenvalue weighted by Gasteiger charge is -1.89. The van der Waals surface area contributed by atoms with E-state index in [1.807, 2.05) is 17.8 Å². The zero-order valence-electron chi connectivity index (χ0n) is 7.49. The van der Waals surface area contributed by atoms with Crippen LogP contribution in [0, 0.1) is 0 Å². The van der Waals surface area contributed by atoms with E-state index in [0.29, 0.717) is 0 Å². The van der Waals surface area contributed by atoms with Crippen molar-refractivity contribution < 1.29 is 0 Å². The number of nitrogens with zero attached hydrogens (tertiary/aromatic N) is 1. The van der Waals surface area contributed by atoms with Gasteiger partial charge >= 0.3 is 0 Å². The number of hydrogen-bond donors (Lipinski definition) is 0. The summed E-state index contributed by atoms with van der Waals surface area (Å²) in [4.78, 5) is 4.53. The molecule has 0 bridgehead atoms. The van der Waals surface area contributed by atoms with Crippen molar-refractivity contribution in [2.24, 2.45) is 0 Å². The molecule has 0 saturated carbocycles. The van der Waals surface area contributed by atoms with Gasteiger partial charge in [-0.1, -0.05) is 30.8 Å². The number of para-hydroxylation sites is 1. The van der Waals surface area contributed by atoms with E-state index in [1.165, 1.54) is 21.2 Å². The molecule has 0 aliphatic carbocycles. The number of rotatable bonds is 3. The Labute approximate surface area is 86.2 Å². The van der Waals surface area contributed by atoms with Crippen LogP contribution < -0.4 is 0 Å². The van der Waals surface area contributed by atoms with Gasteiger partial charge in [0.05, 0.1) is 10.2 Å². The fourth-order valence-corrected chi connectivity index (χ4v) is 3.10. The summed E-state index contributed by atoms with van der Waals surface area (Å²) in [6, 6.07) is 8.30. The predicted molar refractivity (Wildman–Crippen MR) is 60.6 cm³/mol. The van der Waals surface area contributed by atoms with Gasteiger partial charge in [-0.3, -0.25) is 0 Å². The van der Waals surface area contributed by atoms with E-state index in [1.54, 1.807) is 11.3 Å². The Morgan fingerprint density at radius 3 is 3.00 bits per heavy atom. The molecule has 0 aliphatic heterocycles. The Morgan fingerprint density at radius 1 is 1.38 bits per heavy atom. The molecule has 0 radical (unpaired) electrons. The molecular formula is C10H11NS2. The standard InChI is InChI=1S/C10H11NS2/c1-2-7-12-10-11-8-5-3-4-6-9(8)13-10/h3-6H,2,7H2,1H3. The number of hydrogen-bond acceptors (Lipinski definition) is 3. The first-order valence-corrected chi connectivity index (χ1v) is 6.18. The van der Waals surface area contributed by atoms with Gasteiger partial charge in [-0.25, -0.2) is 4.98 Å². The molecule has 0 N–H and O–H groups in total. The lowest BCUT2D eigenvalue weighted by atomic mass is 10.3. The molecule has 2 aromatic rings. The monoisotopic (exact) mass is 209 g/mol. The lowest BCUT2D eigenvalue weighted by molar-refractivity contribution is 1.10. The van der Waals surface area contributed by atoms with Gasteiger partial charge in [0.15, 0.2) is 4.34 Å². The van der Waals surface area contributed by atoms with Crippen LogP contribution in [0.25, 0.3) is 10.2 Å². The summed E-state index contributed by atoms with van der Waals surface area (Å²) in [7, 11) is 0. The van der Waals surface area contributed by atoms with Crippen molar-refractivity contribution in [1.82, 2.24) is 4.98 Å². The highest BCUT2D eigenvalue weighted by molar-refractivity contribution is 8.01. The molecule has 1 nitrogen and oxygen atoms in total. The molecule has 0 amide bonds. The smallest absolute Gasteiger partial charge is 0.151 e. The first kappa shape index (κ1) is 9.03. The number of aromatic nitrogens is 1. The highest BCUT2D eigenvalue weighted by Crippen LogP contribution is 2.29. The van der Waals surface area contributed by atoms with Crippen LogP contribution in [-0.2, 0) is 0 Å². The van der Waals surface area contributed by atoms with Crippen LogP contribution in [0.15, 0.2) is 28.6 Å². The first-order chi connectivity index (χ1) is 6.40. The van der Waals surface area contributed by atoms with Crippen LogP contribution in [-0.4, -0.2) is 10.7 Å². The minimum atomic E-state index is 1.13. The quantitative estimate of drug-likeness (QED) is 0.713. The van der Waals surface area contributed by atoms with E-state index in [-0.39, 0.29) is 0 Å². The minimum Gasteiger partial charge on any atom is -0.230 e. The van der Waals surface area contributed by atoms with E-state index >= 15 is 0 Å². The second-order valence-corrected chi connectivity index (χ2v) is 5.17. The lowest BCUT2D eigenvalue weighted by Crippen LogP contribution is -1.72. The predicted octanol–water partition coefficient (Wildman–Crippen LogP) is 3.80. The second kappa shape index (κ2) is 4.11. The van der Waals surface area contributed by atoms with Gasteiger partial charge in [0, 0.05) is 5.75 Å². The average molecular weight is 209 g/mol. The molecule has 1 aromatic heterocycles. The van der Waals surface area contributed by atoms with Crippen LogP contribution in [0.4, 0.5) is 0 Å². The van der Waals surface area contributed by atoms with Crippen molar-refractivity contribution in [1.29, 1.82) is 0 Å². The number of thioether (sulfide) groups is 1. The summed E-state index contributed by atoms with van der Waals surface area (Å²) < 4.78 is 2.49. The highest BCUT2D eigenvalue weighted by Gasteiger charge is 2.01. The Bertz CT molecular complexity index is 361. The summed E-state index contributed by atoms with van der Waals surface area (Å²) in [5.41, 5.74) is 1.13. The number of benzene rings is 1. The van der Waals surface area contributed by atoms with Gasteiger partial charge in [-0.2, -0.15) is 0 Å². The van der Waals surface area contributed by atoms with Crippen LogP contribution in [0.1, 0.15) is 13.3 Å². The molecule has 2 rings (SSSR count). The average Bonchev–Trinajstić information content (AvgIpc) is 2.57. The molecule has 0 saturated heterocycles. The molecule has 0 aliphatic rings. The summed E-state index contributed by atoms with van der Waals surface area (Å²) in [5, 5.41) is 0. The molecule has 1 heterocycles. The topological polar surface area (TPSA) is 12.9 Å². The van der Waals surface area contributed by atoms with Crippen LogP contribution in [0.5, 0.6) is 0 Å². The third-order valence-corrected chi connectivity index (χ3v) is 4.09. The van der Waals surface area contributed by atoms with Gasteiger partial charge in [0.1, 0.15) is 0 Å². The molecular weight excluding hydrogens is 198 g/mol. The fourth-order valence-electron chi connectivity index (χ4n) is 1.10. The zero-order chi connectivity index (χ0) is 9.10. The first-order valence-electron chi connectivity index (χ1n) is 4.38. The maximum absolute atomic E-state index is 4.53. The molecule has 1 aromatic carbocycles. The molecule has 3 heteroatoms. The molecule has 0 spiro atoms. The molecule has 0 fully saturated rings. The molecule has 68 valence electrons. The maximum atomic E-state index is 4.53. The van der Waals surface area contributed by atoms with Crippen molar-refractivity contribution in [2.45, 2.75) is 17.7 Å². The number of fused-ring (bicyclic) bond motifs is 1. The SMILES string of the molecule is CCCSc1nc2ccccc2s1. The Balaban J connectivity index is 2.28. The van der Waals surface area contributed by atoms with E-state index in [0.717, 1.165) is 5.52 Å². The molecule has 0 unspecified atom stereocenters. The second-order valence-electron chi connectivity index (χ2n) is 2.80. The fraction of sp³-hybridized carbons (Fsp3) is 0.300. The van der Waals surface area contributed by atoms with Crippen molar-refractivity contribution in [2.75, 3.05) is 5.75 Å². The normalized spacial score (nSPS) is 10.8. The number of thiazole rings is 1. The van der Waals surface area contributed by atoms with Crippen molar-refractivity contribution in [3.05, 3.63) is 24.3 Å². The molecule has 13 heavy (non-hydrogen) atoms. The van der Waals surface area contributed by atoms with Gasteiger partial charge in [-0.05, 0) is 18.6 Å². The van der Waals surface area contributed by atoms with E-state index in [9.17, 15) is 0 Å². The van der Waals surface area contributed by atoms with Gasteiger partial charge < -0.3 is 0 Å². The maximum Gasteiger partial charge on any atom is 0.151 e. The largest absolute Gasteiger partial charge is 0.230 e. The Morgan fingerprint density at radius 2 is 2.23 bits per heavy atom. The van der Waals surface area contributed by atoms with E-state index in [4.69, 9.17) is 0 Å². The van der Waals surface area contributed by atoms with Crippen molar-refractivity contribution >= 4 is 33.3 Å². The van der Waals surface area contributed by atoms with Crippen LogP contribution in [0.3, 0.4) is 0 Å². The Kier molecular flexibility index (Phi) is 2.86. The third kappa shape index (κ3) is 2.03. The van der Waals surface area contributed by atoms with E-state index in [2.05, 4.69) is 30.1 Å². The summed E-state index contributed by atoms with van der Waals surface area (Å²) in [6.07, 6.45) is 1.21. The summed E-state index contributed by atoms with van der Waals surface area (Å²) >= 11 is 3.64. The van der Waals surface area contributed by atoms with Crippen LogP contribution >= 0.6 is 23.1 Å². The van der Waals surface area contributed by atoms with Gasteiger partial charge in [0.2, 0.25) is 0 Å². The highest BCUT2D eigenvalue weighted by atomic mass is 32.2. The summed E-state index contributed by atoms with van der Waals surface area (Å²) in [6.45, 7) is 2.19. The van der Waals surface area contributed by atoms with E-state index < -0.39 is 0 Å². The minimum absolute atomic E-state index is 1.13. The van der Waals surface area contributed by atoms with Crippen LogP contribution in [0.2, 0.25) is 0 Å². The van der Waals surface area contributed by atoms with Gasteiger partial charge in [-0.15, -0.1) is 11.3 Å². The third-order valence-electron chi connectivity index (χ3n) is 1.70.